The largest absolute Gasteiger partial charge is 0.460 e. The fraction of sp³-hybridized carbons (Fsp3) is 0.412. The van der Waals surface area contributed by atoms with E-state index in [1.807, 2.05) is 6.92 Å². The Morgan fingerprint density at radius 2 is 2.00 bits per heavy atom. The minimum absolute atomic E-state index is 0.0487. The van der Waals surface area contributed by atoms with Crippen LogP contribution in [-0.2, 0) is 11.2 Å². The van der Waals surface area contributed by atoms with E-state index in [0.29, 0.717) is 34.5 Å². The maximum atomic E-state index is 12.6. The Balaban J connectivity index is 2.86. The predicted octanol–water partition coefficient (Wildman–Crippen LogP) is 4.34. The van der Waals surface area contributed by atoms with Gasteiger partial charge in [0.15, 0.2) is 5.43 Å². The van der Waals surface area contributed by atoms with Crippen molar-refractivity contribution in [1.29, 1.82) is 0 Å². The number of carbonyl (C=O) groups is 1. The van der Waals surface area contributed by atoms with Crippen LogP contribution in [0, 0.1) is 20.8 Å². The van der Waals surface area contributed by atoms with Crippen LogP contribution >= 0.6 is 31.9 Å². The molecule has 2 rings (SSSR count). The Morgan fingerprint density at radius 1 is 1.35 bits per heavy atom. The van der Waals surface area contributed by atoms with Gasteiger partial charge >= 0.3 is 5.97 Å². The van der Waals surface area contributed by atoms with Gasteiger partial charge in [0, 0.05) is 28.2 Å². The fourth-order valence-corrected chi connectivity index (χ4v) is 3.03. The van der Waals surface area contributed by atoms with Crippen LogP contribution in [0.15, 0.2) is 15.3 Å². The van der Waals surface area contributed by atoms with E-state index in [-0.39, 0.29) is 10.3 Å². The summed E-state index contributed by atoms with van der Waals surface area (Å²) in [6.07, 6.45) is 0.567. The van der Waals surface area contributed by atoms with E-state index in [4.69, 9.17) is 9.15 Å². The molecule has 1 heterocycles. The van der Waals surface area contributed by atoms with Crippen molar-refractivity contribution in [3.8, 4) is 5.75 Å². The molecule has 1 atom stereocenters. The number of aryl methyl sites for hydroxylation is 2. The molecule has 1 aromatic heterocycles. The number of esters is 1. The normalized spacial score (nSPS) is 12.4. The summed E-state index contributed by atoms with van der Waals surface area (Å²) in [6.45, 7) is 6.70. The van der Waals surface area contributed by atoms with Crippen LogP contribution in [0.2, 0.25) is 0 Å². The van der Waals surface area contributed by atoms with E-state index >= 15 is 0 Å². The average Bonchev–Trinajstić information content (AvgIpc) is 2.49. The molecule has 23 heavy (non-hydrogen) atoms. The van der Waals surface area contributed by atoms with Gasteiger partial charge in [-0.05, 0) is 38.8 Å². The molecule has 0 aliphatic heterocycles. The van der Waals surface area contributed by atoms with Crippen LogP contribution in [0.1, 0.15) is 29.4 Å². The van der Waals surface area contributed by atoms with E-state index in [0.717, 1.165) is 16.5 Å². The number of hydrogen-bond donors (Lipinski definition) is 0. The maximum Gasteiger partial charge on any atom is 0.308 e. The highest BCUT2D eigenvalue weighted by Gasteiger charge is 2.21. The SMILES string of the molecule is CC(=O)Oc1c(C)cc2c(=O)c(C)c(C)oc2c1CC(Br)CBr. The first kappa shape index (κ1) is 18.2. The van der Waals surface area contributed by atoms with Gasteiger partial charge in [-0.25, -0.2) is 0 Å². The van der Waals surface area contributed by atoms with Crippen LogP contribution in [0.5, 0.6) is 5.75 Å². The van der Waals surface area contributed by atoms with Crippen molar-refractivity contribution in [3.05, 3.63) is 38.7 Å². The summed E-state index contributed by atoms with van der Waals surface area (Å²) < 4.78 is 11.3. The fourth-order valence-electron chi connectivity index (χ4n) is 2.48. The summed E-state index contributed by atoms with van der Waals surface area (Å²) in [7, 11) is 0. The summed E-state index contributed by atoms with van der Waals surface area (Å²) in [6, 6.07) is 1.73. The summed E-state index contributed by atoms with van der Waals surface area (Å²) in [5.74, 6) is 0.651. The van der Waals surface area contributed by atoms with Crippen molar-refractivity contribution in [2.75, 3.05) is 5.33 Å². The minimum Gasteiger partial charge on any atom is -0.460 e. The third kappa shape index (κ3) is 3.69. The molecule has 4 nitrogen and oxygen atoms in total. The zero-order chi connectivity index (χ0) is 17.3. The lowest BCUT2D eigenvalue weighted by atomic mass is 10.00. The summed E-state index contributed by atoms with van der Waals surface area (Å²) in [5.41, 5.74) is 2.51. The van der Waals surface area contributed by atoms with Gasteiger partial charge in [-0.3, -0.25) is 9.59 Å². The molecular weight excluding hydrogens is 428 g/mol. The van der Waals surface area contributed by atoms with Crippen LogP contribution in [0.25, 0.3) is 11.0 Å². The molecular formula is C17H18Br2O4. The lowest BCUT2D eigenvalue weighted by molar-refractivity contribution is -0.131. The van der Waals surface area contributed by atoms with Gasteiger partial charge in [0.1, 0.15) is 17.1 Å². The number of rotatable bonds is 4. The lowest BCUT2D eigenvalue weighted by Crippen LogP contribution is -2.14. The van der Waals surface area contributed by atoms with Crippen LogP contribution in [-0.4, -0.2) is 16.1 Å². The van der Waals surface area contributed by atoms with Crippen LogP contribution < -0.4 is 10.2 Å². The quantitative estimate of drug-likeness (QED) is 0.399. The van der Waals surface area contributed by atoms with Gasteiger partial charge in [0.05, 0.1) is 5.39 Å². The van der Waals surface area contributed by atoms with E-state index in [9.17, 15) is 9.59 Å². The monoisotopic (exact) mass is 444 g/mol. The first-order valence-corrected chi connectivity index (χ1v) is 9.24. The maximum absolute atomic E-state index is 12.6. The highest BCUT2D eigenvalue weighted by Crippen LogP contribution is 2.34. The Bertz CT molecular complexity index is 824. The lowest BCUT2D eigenvalue weighted by Gasteiger charge is -2.16. The number of fused-ring (bicyclic) bond motifs is 1. The second-order valence-corrected chi connectivity index (χ2v) is 7.48. The predicted molar refractivity (Wildman–Crippen MR) is 98.2 cm³/mol. The van der Waals surface area contributed by atoms with Crippen molar-refractivity contribution < 1.29 is 13.9 Å². The zero-order valence-electron chi connectivity index (χ0n) is 13.5. The zero-order valence-corrected chi connectivity index (χ0v) is 16.6. The number of alkyl halides is 2. The topological polar surface area (TPSA) is 56.5 Å². The first-order chi connectivity index (χ1) is 10.8. The number of hydrogen-bond acceptors (Lipinski definition) is 4. The minimum atomic E-state index is -0.398. The van der Waals surface area contributed by atoms with Crippen molar-refractivity contribution in [1.82, 2.24) is 0 Å². The molecule has 0 fully saturated rings. The molecule has 2 aromatic rings. The second-order valence-electron chi connectivity index (χ2n) is 5.54. The molecule has 0 radical (unpaired) electrons. The second kappa shape index (κ2) is 7.18. The molecule has 0 aliphatic carbocycles. The van der Waals surface area contributed by atoms with Gasteiger partial charge < -0.3 is 9.15 Å². The highest BCUT2D eigenvalue weighted by molar-refractivity contribution is 9.12. The summed E-state index contributed by atoms with van der Waals surface area (Å²) in [5, 5.41) is 1.24. The van der Waals surface area contributed by atoms with E-state index in [1.54, 1.807) is 19.9 Å². The molecule has 0 N–H and O–H groups in total. The third-order valence-electron chi connectivity index (χ3n) is 3.72. The van der Waals surface area contributed by atoms with E-state index in [1.165, 1.54) is 6.92 Å². The molecule has 124 valence electrons. The van der Waals surface area contributed by atoms with Gasteiger partial charge in [-0.1, -0.05) is 31.9 Å². The van der Waals surface area contributed by atoms with Gasteiger partial charge in [-0.2, -0.15) is 0 Å². The van der Waals surface area contributed by atoms with E-state index in [2.05, 4.69) is 31.9 Å². The van der Waals surface area contributed by atoms with Crippen molar-refractivity contribution in [2.45, 2.75) is 38.9 Å². The highest BCUT2D eigenvalue weighted by atomic mass is 79.9. The standard InChI is InChI=1S/C17H18Br2O4/c1-8-5-13-15(21)9(2)10(3)22-17(13)14(6-12(19)7-18)16(8)23-11(4)20/h5,12H,6-7H2,1-4H3. The number of halogens is 2. The Hall–Kier alpha value is -1.14. The summed E-state index contributed by atoms with van der Waals surface area (Å²) in [4.78, 5) is 24.1. The average molecular weight is 446 g/mol. The molecule has 0 saturated heterocycles. The molecule has 1 unspecified atom stereocenters. The third-order valence-corrected chi connectivity index (χ3v) is 6.02. The van der Waals surface area contributed by atoms with E-state index < -0.39 is 5.97 Å². The first-order valence-electron chi connectivity index (χ1n) is 7.21. The van der Waals surface area contributed by atoms with Crippen molar-refractivity contribution in [3.63, 3.8) is 0 Å². The van der Waals surface area contributed by atoms with Gasteiger partial charge in [0.2, 0.25) is 0 Å². The molecule has 1 aromatic carbocycles. The molecule has 0 bridgehead atoms. The van der Waals surface area contributed by atoms with Crippen molar-refractivity contribution in [2.24, 2.45) is 0 Å². The number of carbonyl (C=O) groups excluding carboxylic acids is 1. The van der Waals surface area contributed by atoms with Gasteiger partial charge in [-0.15, -0.1) is 0 Å². The smallest absolute Gasteiger partial charge is 0.308 e. The Morgan fingerprint density at radius 3 is 2.57 bits per heavy atom. The van der Waals surface area contributed by atoms with Crippen LogP contribution in [0.4, 0.5) is 0 Å². The molecule has 0 saturated carbocycles. The Labute approximate surface area is 151 Å². The number of ether oxygens (including phenoxy) is 1. The summed E-state index contributed by atoms with van der Waals surface area (Å²) >= 11 is 6.99. The number of benzene rings is 1. The van der Waals surface area contributed by atoms with Crippen LogP contribution in [0.3, 0.4) is 0 Å². The Kier molecular flexibility index (Phi) is 5.68. The molecule has 0 spiro atoms. The van der Waals surface area contributed by atoms with Crippen molar-refractivity contribution >= 4 is 48.8 Å². The molecule has 0 aliphatic rings. The van der Waals surface area contributed by atoms with Gasteiger partial charge in [0.25, 0.3) is 0 Å². The molecule has 6 heteroatoms. The molecule has 0 amide bonds.